The number of para-hydroxylation sites is 3. The zero-order valence-corrected chi connectivity index (χ0v) is 16.4. The minimum absolute atomic E-state index is 0.0478. The molecule has 29 heavy (non-hydrogen) atoms. The fourth-order valence-electron chi connectivity index (χ4n) is 2.74. The number of rotatable bonds is 7. The van der Waals surface area contributed by atoms with E-state index >= 15 is 0 Å². The van der Waals surface area contributed by atoms with E-state index in [-0.39, 0.29) is 10.6 Å². The third-order valence-electron chi connectivity index (χ3n) is 4.12. The van der Waals surface area contributed by atoms with Crippen LogP contribution < -0.4 is 14.4 Å². The molecule has 0 fully saturated rings. The number of hydrogen-bond donors (Lipinski definition) is 1. The molecule has 1 amide bonds. The van der Waals surface area contributed by atoms with Crippen molar-refractivity contribution in [1.29, 1.82) is 0 Å². The van der Waals surface area contributed by atoms with Crippen LogP contribution in [-0.2, 0) is 14.8 Å². The summed E-state index contributed by atoms with van der Waals surface area (Å²) >= 11 is 0. The van der Waals surface area contributed by atoms with Crippen LogP contribution in [0.5, 0.6) is 5.75 Å². The minimum atomic E-state index is -4.18. The first-order valence-electron chi connectivity index (χ1n) is 8.68. The molecule has 150 valence electrons. The van der Waals surface area contributed by atoms with Crippen molar-refractivity contribution >= 4 is 27.3 Å². The van der Waals surface area contributed by atoms with E-state index in [4.69, 9.17) is 4.74 Å². The van der Waals surface area contributed by atoms with E-state index in [0.717, 1.165) is 10.4 Å². The van der Waals surface area contributed by atoms with E-state index < -0.39 is 28.3 Å². The molecule has 0 aliphatic carbocycles. The summed E-state index contributed by atoms with van der Waals surface area (Å²) < 4.78 is 46.7. The van der Waals surface area contributed by atoms with Crippen molar-refractivity contribution in [3.05, 3.63) is 84.7 Å². The molecule has 0 unspecified atom stereocenters. The van der Waals surface area contributed by atoms with Crippen molar-refractivity contribution < 1.29 is 22.3 Å². The largest absolute Gasteiger partial charge is 0.495 e. The summed E-state index contributed by atoms with van der Waals surface area (Å²) in [5.74, 6) is -0.974. The van der Waals surface area contributed by atoms with Gasteiger partial charge in [0.25, 0.3) is 10.0 Å². The number of anilines is 2. The number of sulfonamides is 1. The first kappa shape index (κ1) is 20.3. The smallest absolute Gasteiger partial charge is 0.264 e. The average Bonchev–Trinajstić information content (AvgIpc) is 2.73. The van der Waals surface area contributed by atoms with Gasteiger partial charge in [0.1, 0.15) is 18.1 Å². The lowest BCUT2D eigenvalue weighted by atomic mass is 10.3. The Kier molecular flexibility index (Phi) is 6.13. The molecule has 3 aromatic carbocycles. The van der Waals surface area contributed by atoms with Crippen LogP contribution in [0.2, 0.25) is 0 Å². The second-order valence-corrected chi connectivity index (χ2v) is 7.89. The molecule has 8 heteroatoms. The summed E-state index contributed by atoms with van der Waals surface area (Å²) in [5, 5.41) is 2.61. The van der Waals surface area contributed by atoms with Crippen LogP contribution in [0.1, 0.15) is 0 Å². The second kappa shape index (κ2) is 8.74. The van der Waals surface area contributed by atoms with E-state index in [2.05, 4.69) is 5.32 Å². The van der Waals surface area contributed by atoms with Gasteiger partial charge in [0.15, 0.2) is 0 Å². The average molecular weight is 414 g/mol. The van der Waals surface area contributed by atoms with Gasteiger partial charge in [0.05, 0.1) is 23.4 Å². The Labute approximate surface area is 168 Å². The first-order chi connectivity index (χ1) is 13.9. The summed E-state index contributed by atoms with van der Waals surface area (Å²) in [4.78, 5) is 12.6. The molecule has 0 radical (unpaired) electrons. The van der Waals surface area contributed by atoms with Crippen molar-refractivity contribution in [2.75, 3.05) is 23.3 Å². The van der Waals surface area contributed by atoms with Gasteiger partial charge in [0.2, 0.25) is 5.91 Å². The van der Waals surface area contributed by atoms with Gasteiger partial charge in [-0.2, -0.15) is 0 Å². The number of carbonyl (C=O) groups is 1. The number of methoxy groups -OCH3 is 1. The lowest BCUT2D eigenvalue weighted by Crippen LogP contribution is -2.38. The van der Waals surface area contributed by atoms with Crippen LogP contribution >= 0.6 is 0 Å². The van der Waals surface area contributed by atoms with Crippen molar-refractivity contribution in [1.82, 2.24) is 0 Å². The SMILES string of the molecule is COc1ccccc1NC(=O)CN(c1ccccc1F)S(=O)(=O)c1ccccc1. The van der Waals surface area contributed by atoms with Crippen LogP contribution in [0.4, 0.5) is 15.8 Å². The molecule has 0 bridgehead atoms. The monoisotopic (exact) mass is 414 g/mol. The number of halogens is 1. The summed E-state index contributed by atoms with van der Waals surface area (Å²) in [7, 11) is -2.72. The molecule has 0 saturated carbocycles. The van der Waals surface area contributed by atoms with Crippen LogP contribution in [0, 0.1) is 5.82 Å². The highest BCUT2D eigenvalue weighted by molar-refractivity contribution is 7.92. The number of hydrogen-bond acceptors (Lipinski definition) is 4. The molecule has 0 spiro atoms. The fraction of sp³-hybridized carbons (Fsp3) is 0.0952. The maximum absolute atomic E-state index is 14.4. The van der Waals surface area contributed by atoms with Crippen LogP contribution in [-0.4, -0.2) is 28.0 Å². The van der Waals surface area contributed by atoms with Gasteiger partial charge in [-0.15, -0.1) is 0 Å². The fourth-order valence-corrected chi connectivity index (χ4v) is 4.19. The maximum Gasteiger partial charge on any atom is 0.264 e. The first-order valence-corrected chi connectivity index (χ1v) is 10.1. The Morgan fingerprint density at radius 3 is 2.28 bits per heavy atom. The van der Waals surface area contributed by atoms with Crippen molar-refractivity contribution in [2.24, 2.45) is 0 Å². The number of amides is 1. The summed E-state index contributed by atoms with van der Waals surface area (Å²) in [6.45, 7) is -0.615. The highest BCUT2D eigenvalue weighted by Gasteiger charge is 2.29. The molecule has 0 aliphatic heterocycles. The minimum Gasteiger partial charge on any atom is -0.495 e. The molecular formula is C21H19FN2O4S. The number of carbonyl (C=O) groups excluding carboxylic acids is 1. The van der Waals surface area contributed by atoms with Crippen LogP contribution in [0.25, 0.3) is 0 Å². The van der Waals surface area contributed by atoms with Crippen molar-refractivity contribution in [3.63, 3.8) is 0 Å². The standard InChI is InChI=1S/C21H19FN2O4S/c1-28-20-14-8-6-12-18(20)23-21(25)15-24(19-13-7-5-11-17(19)22)29(26,27)16-9-3-2-4-10-16/h2-14H,15H2,1H3,(H,23,25). The van der Waals surface area contributed by atoms with Crippen molar-refractivity contribution in [2.45, 2.75) is 4.90 Å². The normalized spacial score (nSPS) is 11.0. The number of nitrogens with zero attached hydrogens (tertiary/aromatic N) is 1. The van der Waals surface area contributed by atoms with Gasteiger partial charge in [-0.1, -0.05) is 42.5 Å². The molecular weight excluding hydrogens is 395 g/mol. The summed E-state index contributed by atoms with van der Waals surface area (Å²) in [6, 6.07) is 19.7. The number of benzene rings is 3. The quantitative estimate of drug-likeness (QED) is 0.640. The molecule has 0 saturated heterocycles. The third-order valence-corrected chi connectivity index (χ3v) is 5.89. The van der Waals surface area contributed by atoms with Crippen molar-refractivity contribution in [3.8, 4) is 5.75 Å². The van der Waals surface area contributed by atoms with Gasteiger partial charge in [-0.25, -0.2) is 12.8 Å². The van der Waals surface area contributed by atoms with E-state index in [1.165, 1.54) is 37.4 Å². The Morgan fingerprint density at radius 1 is 0.966 bits per heavy atom. The maximum atomic E-state index is 14.4. The summed E-state index contributed by atoms with van der Waals surface area (Å²) in [5.41, 5.74) is 0.164. The Bertz CT molecular complexity index is 1100. The predicted octanol–water partition coefficient (Wildman–Crippen LogP) is 3.67. The van der Waals surface area contributed by atoms with Crippen LogP contribution in [0.3, 0.4) is 0 Å². The molecule has 3 aromatic rings. The van der Waals surface area contributed by atoms with Gasteiger partial charge in [0, 0.05) is 0 Å². The number of nitrogens with one attached hydrogen (secondary N) is 1. The van der Waals surface area contributed by atoms with Gasteiger partial charge in [-0.05, 0) is 36.4 Å². The lowest BCUT2D eigenvalue weighted by molar-refractivity contribution is -0.114. The Hall–Kier alpha value is -3.39. The number of ether oxygens (including phenoxy) is 1. The third kappa shape index (κ3) is 4.55. The van der Waals surface area contributed by atoms with Gasteiger partial charge in [-0.3, -0.25) is 9.10 Å². The highest BCUT2D eigenvalue weighted by Crippen LogP contribution is 2.27. The van der Waals surface area contributed by atoms with Gasteiger partial charge >= 0.3 is 0 Å². The molecule has 0 aromatic heterocycles. The van der Waals surface area contributed by atoms with E-state index in [0.29, 0.717) is 11.4 Å². The zero-order chi connectivity index (χ0) is 20.9. The van der Waals surface area contributed by atoms with E-state index in [1.54, 1.807) is 42.5 Å². The molecule has 0 aliphatic rings. The topological polar surface area (TPSA) is 75.7 Å². The predicted molar refractivity (Wildman–Crippen MR) is 109 cm³/mol. The Morgan fingerprint density at radius 2 is 1.59 bits per heavy atom. The second-order valence-electron chi connectivity index (χ2n) is 6.02. The molecule has 0 atom stereocenters. The molecule has 1 N–H and O–H groups in total. The van der Waals surface area contributed by atoms with Gasteiger partial charge < -0.3 is 10.1 Å². The zero-order valence-electron chi connectivity index (χ0n) is 15.6. The summed E-state index contributed by atoms with van der Waals surface area (Å²) in [6.07, 6.45) is 0. The van der Waals surface area contributed by atoms with E-state index in [9.17, 15) is 17.6 Å². The molecule has 6 nitrogen and oxygen atoms in total. The molecule has 3 rings (SSSR count). The van der Waals surface area contributed by atoms with Crippen LogP contribution in [0.15, 0.2) is 83.8 Å². The molecule has 0 heterocycles. The highest BCUT2D eigenvalue weighted by atomic mass is 32.2. The van der Waals surface area contributed by atoms with E-state index in [1.807, 2.05) is 0 Å². The lowest BCUT2D eigenvalue weighted by Gasteiger charge is -2.24. The Balaban J connectivity index is 1.96.